The van der Waals surface area contributed by atoms with Crippen LogP contribution in [0.25, 0.3) is 5.57 Å². The summed E-state index contributed by atoms with van der Waals surface area (Å²) in [7, 11) is 0. The zero-order valence-electron chi connectivity index (χ0n) is 9.12. The second-order valence-electron chi connectivity index (χ2n) is 4.70. The fourth-order valence-corrected chi connectivity index (χ4v) is 2.95. The van der Waals surface area contributed by atoms with Gasteiger partial charge in [-0.2, -0.15) is 0 Å². The molecular formula is C13H15ClN2. The SMILES string of the molecule is Clc1cncc(C2=C[C@@H]3CNC[C@@H]3CC2)c1. The summed E-state index contributed by atoms with van der Waals surface area (Å²) in [6.45, 7) is 2.31. The van der Waals surface area contributed by atoms with Gasteiger partial charge >= 0.3 is 0 Å². The van der Waals surface area contributed by atoms with E-state index in [1.165, 1.54) is 24.1 Å². The topological polar surface area (TPSA) is 24.9 Å². The van der Waals surface area contributed by atoms with Crippen molar-refractivity contribution in [2.75, 3.05) is 13.1 Å². The normalized spacial score (nSPS) is 28.7. The Kier molecular flexibility index (Phi) is 2.70. The van der Waals surface area contributed by atoms with Crippen molar-refractivity contribution >= 4 is 17.2 Å². The van der Waals surface area contributed by atoms with Crippen LogP contribution in [0.5, 0.6) is 0 Å². The lowest BCUT2D eigenvalue weighted by Gasteiger charge is -2.23. The molecule has 2 atom stereocenters. The van der Waals surface area contributed by atoms with E-state index in [-0.39, 0.29) is 0 Å². The average molecular weight is 235 g/mol. The molecule has 1 aliphatic carbocycles. The van der Waals surface area contributed by atoms with Crippen molar-refractivity contribution in [2.24, 2.45) is 11.8 Å². The highest BCUT2D eigenvalue weighted by Crippen LogP contribution is 2.35. The molecule has 2 aliphatic rings. The molecule has 84 valence electrons. The third kappa shape index (κ3) is 1.87. The van der Waals surface area contributed by atoms with Crippen molar-refractivity contribution in [3.05, 3.63) is 35.1 Å². The molecule has 3 rings (SSSR count). The monoisotopic (exact) mass is 234 g/mol. The van der Waals surface area contributed by atoms with Crippen LogP contribution in [0, 0.1) is 11.8 Å². The van der Waals surface area contributed by atoms with Gasteiger partial charge in [0, 0.05) is 18.9 Å². The van der Waals surface area contributed by atoms with E-state index < -0.39 is 0 Å². The van der Waals surface area contributed by atoms with Crippen molar-refractivity contribution in [1.29, 1.82) is 0 Å². The molecule has 1 aromatic rings. The van der Waals surface area contributed by atoms with Crippen LogP contribution >= 0.6 is 11.6 Å². The maximum atomic E-state index is 5.97. The second-order valence-corrected chi connectivity index (χ2v) is 5.14. The van der Waals surface area contributed by atoms with Crippen LogP contribution in [-0.2, 0) is 0 Å². The number of hydrogen-bond acceptors (Lipinski definition) is 2. The molecule has 16 heavy (non-hydrogen) atoms. The lowest BCUT2D eigenvalue weighted by molar-refractivity contribution is 0.448. The summed E-state index contributed by atoms with van der Waals surface area (Å²) < 4.78 is 0. The number of halogens is 1. The van der Waals surface area contributed by atoms with E-state index in [4.69, 9.17) is 11.6 Å². The third-order valence-corrected chi connectivity index (χ3v) is 3.87. The summed E-state index contributed by atoms with van der Waals surface area (Å²) in [4.78, 5) is 4.16. The lowest BCUT2D eigenvalue weighted by Crippen LogP contribution is -2.15. The predicted octanol–water partition coefficient (Wildman–Crippen LogP) is 2.75. The summed E-state index contributed by atoms with van der Waals surface area (Å²) in [5, 5.41) is 4.19. The van der Waals surface area contributed by atoms with Crippen molar-refractivity contribution in [3.8, 4) is 0 Å². The summed E-state index contributed by atoms with van der Waals surface area (Å²) in [6.07, 6.45) is 8.47. The van der Waals surface area contributed by atoms with Crippen LogP contribution in [0.3, 0.4) is 0 Å². The summed E-state index contributed by atoms with van der Waals surface area (Å²) >= 11 is 5.97. The molecule has 2 heterocycles. The van der Waals surface area contributed by atoms with Crippen LogP contribution in [0.1, 0.15) is 18.4 Å². The van der Waals surface area contributed by atoms with Gasteiger partial charge in [0.1, 0.15) is 0 Å². The van der Waals surface area contributed by atoms with Crippen LogP contribution in [-0.4, -0.2) is 18.1 Å². The Morgan fingerprint density at radius 1 is 1.31 bits per heavy atom. The fraction of sp³-hybridized carbons (Fsp3) is 0.462. The average Bonchev–Trinajstić information content (AvgIpc) is 2.75. The molecule has 1 N–H and O–H groups in total. The van der Waals surface area contributed by atoms with E-state index in [1.807, 2.05) is 12.3 Å². The minimum atomic E-state index is 0.711. The molecule has 2 nitrogen and oxygen atoms in total. The quantitative estimate of drug-likeness (QED) is 0.808. The molecule has 0 amide bonds. The number of hydrogen-bond donors (Lipinski definition) is 1. The number of rotatable bonds is 1. The Balaban J connectivity index is 1.90. The molecule has 1 aliphatic heterocycles. The first kappa shape index (κ1) is 10.3. The molecule has 1 saturated heterocycles. The van der Waals surface area contributed by atoms with Crippen LogP contribution in [0.15, 0.2) is 24.5 Å². The third-order valence-electron chi connectivity index (χ3n) is 3.67. The van der Waals surface area contributed by atoms with E-state index >= 15 is 0 Å². The first-order valence-electron chi connectivity index (χ1n) is 5.85. The zero-order chi connectivity index (χ0) is 11.0. The Labute approximate surface area is 101 Å². The van der Waals surface area contributed by atoms with Gasteiger partial charge in [-0.1, -0.05) is 17.7 Å². The van der Waals surface area contributed by atoms with Gasteiger partial charge in [-0.15, -0.1) is 0 Å². The number of fused-ring (bicyclic) bond motifs is 1. The van der Waals surface area contributed by atoms with E-state index in [2.05, 4.69) is 16.4 Å². The first-order valence-corrected chi connectivity index (χ1v) is 6.23. The highest BCUT2D eigenvalue weighted by molar-refractivity contribution is 6.30. The maximum absolute atomic E-state index is 5.97. The second kappa shape index (κ2) is 4.19. The molecule has 0 unspecified atom stereocenters. The Morgan fingerprint density at radius 2 is 2.25 bits per heavy atom. The molecule has 0 bridgehead atoms. The van der Waals surface area contributed by atoms with E-state index in [9.17, 15) is 0 Å². The van der Waals surface area contributed by atoms with Gasteiger partial charge in [0.05, 0.1) is 5.02 Å². The van der Waals surface area contributed by atoms with Crippen molar-refractivity contribution in [2.45, 2.75) is 12.8 Å². The van der Waals surface area contributed by atoms with Crippen LogP contribution in [0.4, 0.5) is 0 Å². The highest BCUT2D eigenvalue weighted by atomic mass is 35.5. The minimum absolute atomic E-state index is 0.711. The molecule has 0 radical (unpaired) electrons. The molecular weight excluding hydrogens is 220 g/mol. The molecule has 0 spiro atoms. The van der Waals surface area contributed by atoms with Gasteiger partial charge in [0.25, 0.3) is 0 Å². The number of nitrogens with one attached hydrogen (secondary N) is 1. The van der Waals surface area contributed by atoms with Crippen molar-refractivity contribution in [1.82, 2.24) is 10.3 Å². The van der Waals surface area contributed by atoms with E-state index in [0.717, 1.165) is 23.9 Å². The summed E-state index contributed by atoms with van der Waals surface area (Å²) in [5.74, 6) is 1.55. The molecule has 3 heteroatoms. The van der Waals surface area contributed by atoms with Crippen molar-refractivity contribution in [3.63, 3.8) is 0 Å². The minimum Gasteiger partial charge on any atom is -0.316 e. The van der Waals surface area contributed by atoms with Crippen LogP contribution < -0.4 is 5.32 Å². The Hall–Kier alpha value is -0.860. The van der Waals surface area contributed by atoms with E-state index in [0.29, 0.717) is 5.92 Å². The predicted molar refractivity (Wildman–Crippen MR) is 66.3 cm³/mol. The number of allylic oxidation sites excluding steroid dienone is 1. The molecule has 1 fully saturated rings. The van der Waals surface area contributed by atoms with Crippen molar-refractivity contribution < 1.29 is 0 Å². The van der Waals surface area contributed by atoms with Gasteiger partial charge in [-0.25, -0.2) is 0 Å². The number of nitrogens with zero attached hydrogens (tertiary/aromatic N) is 1. The first-order chi connectivity index (χ1) is 7.83. The lowest BCUT2D eigenvalue weighted by atomic mass is 9.81. The Bertz CT molecular complexity index is 428. The van der Waals surface area contributed by atoms with Gasteiger partial charge in [-0.3, -0.25) is 4.98 Å². The number of pyridine rings is 1. The van der Waals surface area contributed by atoms with Gasteiger partial charge in [0.15, 0.2) is 0 Å². The number of aromatic nitrogens is 1. The van der Waals surface area contributed by atoms with Gasteiger partial charge in [-0.05, 0) is 48.4 Å². The van der Waals surface area contributed by atoms with Gasteiger partial charge < -0.3 is 5.32 Å². The standard InChI is InChI=1S/C13H15ClN2/c14-13-4-12(7-16-8-13)9-1-2-10-5-15-6-11(10)3-9/h3-4,7-8,10-11,15H,1-2,5-6H2/t10-,11+/m0/s1. The Morgan fingerprint density at radius 3 is 3.12 bits per heavy atom. The molecule has 0 saturated carbocycles. The van der Waals surface area contributed by atoms with Crippen LogP contribution in [0.2, 0.25) is 5.02 Å². The van der Waals surface area contributed by atoms with Gasteiger partial charge in [0.2, 0.25) is 0 Å². The summed E-state index contributed by atoms with van der Waals surface area (Å²) in [5.41, 5.74) is 2.61. The highest BCUT2D eigenvalue weighted by Gasteiger charge is 2.29. The maximum Gasteiger partial charge on any atom is 0.0595 e. The molecule has 1 aromatic heterocycles. The summed E-state index contributed by atoms with van der Waals surface area (Å²) in [6, 6.07) is 2.02. The smallest absolute Gasteiger partial charge is 0.0595 e. The fourth-order valence-electron chi connectivity index (χ4n) is 2.78. The zero-order valence-corrected chi connectivity index (χ0v) is 9.87. The largest absolute Gasteiger partial charge is 0.316 e. The van der Waals surface area contributed by atoms with E-state index in [1.54, 1.807) is 6.20 Å². The molecule has 0 aromatic carbocycles.